The van der Waals surface area contributed by atoms with Crippen molar-refractivity contribution >= 4 is 23.8 Å². The van der Waals surface area contributed by atoms with Crippen LogP contribution in [0, 0.1) is 19.3 Å². The first kappa shape index (κ1) is 22.9. The summed E-state index contributed by atoms with van der Waals surface area (Å²) in [6, 6.07) is 40.0. The van der Waals surface area contributed by atoms with E-state index in [1.807, 2.05) is 31.2 Å². The smallest absolute Gasteiger partial charge is 0.366 e. The van der Waals surface area contributed by atoms with Crippen LogP contribution in [0.1, 0.15) is 11.1 Å². The summed E-state index contributed by atoms with van der Waals surface area (Å²) in [6.45, 7) is 2.02. The summed E-state index contributed by atoms with van der Waals surface area (Å²) in [5.74, 6) is 2.30. The topological polar surface area (TPSA) is 0 Å². The van der Waals surface area contributed by atoms with Gasteiger partial charge in [0.25, 0.3) is 0 Å². The van der Waals surface area contributed by atoms with Gasteiger partial charge in [-0.3, -0.25) is 5.92 Å². The molecule has 0 spiro atoms. The molecule has 0 aliphatic heterocycles. The molecule has 0 unspecified atom stereocenters. The molecule has 29 heavy (non-hydrogen) atoms. The monoisotopic (exact) mass is 574 g/mol. The zero-order chi connectivity index (χ0) is 19.6. The summed E-state index contributed by atoms with van der Waals surface area (Å²) < 4.78 is 0. The fourth-order valence-corrected chi connectivity index (χ4v) is 5.12. The molecule has 0 bridgehead atoms. The Hall–Kier alpha value is -2.39. The van der Waals surface area contributed by atoms with Crippen molar-refractivity contribution in [2.75, 3.05) is 0 Å². The minimum Gasteiger partial charge on any atom is -0.366 e. The number of hydrogen-bond acceptors (Lipinski definition) is 0. The van der Waals surface area contributed by atoms with E-state index in [9.17, 15) is 0 Å². The molecule has 0 nitrogen and oxygen atoms in total. The van der Waals surface area contributed by atoms with Crippen molar-refractivity contribution in [2.24, 2.45) is 0 Å². The Morgan fingerprint density at radius 2 is 0.897 bits per heavy atom. The van der Waals surface area contributed by atoms with Gasteiger partial charge in [-0.05, 0) is 30.8 Å². The van der Waals surface area contributed by atoms with Gasteiger partial charge in [0.05, 0.1) is 0 Å². The van der Waals surface area contributed by atoms with Gasteiger partial charge in [-0.15, -0.1) is 17.7 Å². The second kappa shape index (κ2) is 12.2. The molecule has 4 aromatic carbocycles. The van der Waals surface area contributed by atoms with E-state index in [4.69, 9.17) is 6.42 Å². The molecule has 0 aromatic heterocycles. The summed E-state index contributed by atoms with van der Waals surface area (Å²) in [6.07, 6.45) is 6.76. The van der Waals surface area contributed by atoms with Crippen LogP contribution < -0.4 is 15.9 Å². The van der Waals surface area contributed by atoms with E-state index in [1.165, 1.54) is 21.5 Å². The number of rotatable bonds is 3. The van der Waals surface area contributed by atoms with E-state index in [0.29, 0.717) is 0 Å². The second-order valence-electron chi connectivity index (χ2n) is 6.33. The zero-order valence-electron chi connectivity index (χ0n) is 16.2. The van der Waals surface area contributed by atoms with Crippen LogP contribution in [0.2, 0.25) is 0 Å². The maximum Gasteiger partial charge on any atom is 1.00 e. The number of hydrogen-bond donors (Lipinski definition) is 0. The summed E-state index contributed by atoms with van der Waals surface area (Å²) >= 11 is 0. The Morgan fingerprint density at radius 3 is 1.21 bits per heavy atom. The molecule has 0 heterocycles. The first-order chi connectivity index (χ1) is 13.8. The quantitative estimate of drug-likeness (QED) is 0.134. The fraction of sp³-hybridized carbons (Fsp3) is 0.0370. The van der Waals surface area contributed by atoms with Crippen molar-refractivity contribution < 1.29 is 22.4 Å². The molecule has 0 fully saturated rings. The number of aryl methyl sites for hydroxylation is 1. The molecular weight excluding hydrogens is 552 g/mol. The molecule has 0 aliphatic rings. The van der Waals surface area contributed by atoms with Crippen LogP contribution in [0.25, 0.3) is 0 Å². The van der Waals surface area contributed by atoms with Crippen LogP contribution in [-0.2, 0) is 22.4 Å². The van der Waals surface area contributed by atoms with E-state index in [1.54, 1.807) is 0 Å². The molecule has 0 radical (unpaired) electrons. The minimum atomic E-state index is -0.446. The molecule has 0 amide bonds. The standard InChI is InChI=1S/C18H15P.C9H7.Au/c1-4-10-16(11-5-1)19(17-12-6-2-7-13-17)18-14-8-3-9-15-18;1-3-9-6-4-8(2)5-7-9;/h1-15H;4-7H,2H3;/q;-1;+1. The van der Waals surface area contributed by atoms with Crippen molar-refractivity contribution in [2.45, 2.75) is 6.92 Å². The van der Waals surface area contributed by atoms with Crippen molar-refractivity contribution in [3.63, 3.8) is 0 Å². The third-order valence-electron chi connectivity index (χ3n) is 4.24. The van der Waals surface area contributed by atoms with Crippen LogP contribution >= 0.6 is 7.92 Å². The van der Waals surface area contributed by atoms with Crippen molar-refractivity contribution in [3.05, 3.63) is 133 Å². The molecule has 4 aromatic rings. The SMILES string of the molecule is [Au+].[C-]#Cc1ccc(C)cc1.c1ccc(P(c2ccccc2)c2ccccc2)cc1. The molecule has 0 atom stereocenters. The normalized spacial score (nSPS) is 9.55. The predicted octanol–water partition coefficient (Wildman–Crippen LogP) is 5.38. The third-order valence-corrected chi connectivity index (χ3v) is 6.68. The summed E-state index contributed by atoms with van der Waals surface area (Å²) in [4.78, 5) is 0. The predicted molar refractivity (Wildman–Crippen MR) is 123 cm³/mol. The van der Waals surface area contributed by atoms with E-state index in [-0.39, 0.29) is 22.4 Å². The van der Waals surface area contributed by atoms with Crippen LogP contribution in [0.15, 0.2) is 115 Å². The van der Waals surface area contributed by atoms with Crippen molar-refractivity contribution in [1.29, 1.82) is 0 Å². The molecule has 0 saturated carbocycles. The molecule has 0 aliphatic carbocycles. The van der Waals surface area contributed by atoms with Crippen LogP contribution in [0.5, 0.6) is 0 Å². The first-order valence-corrected chi connectivity index (χ1v) is 10.6. The molecular formula is C27H22AuP. The maximum atomic E-state index is 6.76. The van der Waals surface area contributed by atoms with Crippen LogP contribution in [0.4, 0.5) is 0 Å². The van der Waals surface area contributed by atoms with Crippen LogP contribution in [-0.4, -0.2) is 0 Å². The second-order valence-corrected chi connectivity index (χ2v) is 8.55. The molecule has 146 valence electrons. The molecule has 2 heteroatoms. The third kappa shape index (κ3) is 6.86. The first-order valence-electron chi connectivity index (χ1n) is 9.22. The fourth-order valence-electron chi connectivity index (χ4n) is 2.82. The van der Waals surface area contributed by atoms with Crippen molar-refractivity contribution in [3.8, 4) is 5.92 Å². The Balaban J connectivity index is 0.000000255. The van der Waals surface area contributed by atoms with E-state index in [2.05, 4.69) is 96.9 Å². The van der Waals surface area contributed by atoms with Gasteiger partial charge < -0.3 is 6.42 Å². The Labute approximate surface area is 191 Å². The van der Waals surface area contributed by atoms with Crippen LogP contribution in [0.3, 0.4) is 0 Å². The van der Waals surface area contributed by atoms with Gasteiger partial charge in [0.2, 0.25) is 0 Å². The molecule has 0 saturated heterocycles. The summed E-state index contributed by atoms with van der Waals surface area (Å²) in [5, 5.41) is 4.19. The zero-order valence-corrected chi connectivity index (χ0v) is 19.3. The Bertz CT molecular complexity index is 911. The van der Waals surface area contributed by atoms with Gasteiger partial charge in [-0.1, -0.05) is 109 Å². The van der Waals surface area contributed by atoms with Gasteiger partial charge in [0.1, 0.15) is 0 Å². The van der Waals surface area contributed by atoms with E-state index < -0.39 is 7.92 Å². The summed E-state index contributed by atoms with van der Waals surface area (Å²) in [5.41, 5.74) is 2.05. The average Bonchev–Trinajstić information content (AvgIpc) is 2.77. The average molecular weight is 574 g/mol. The van der Waals surface area contributed by atoms with Gasteiger partial charge >= 0.3 is 22.4 Å². The van der Waals surface area contributed by atoms with Gasteiger partial charge in [0.15, 0.2) is 0 Å². The van der Waals surface area contributed by atoms with Gasteiger partial charge in [0, 0.05) is 0 Å². The molecule has 0 N–H and O–H groups in total. The van der Waals surface area contributed by atoms with E-state index in [0.717, 1.165) is 5.56 Å². The Morgan fingerprint density at radius 1 is 0.552 bits per heavy atom. The van der Waals surface area contributed by atoms with Gasteiger partial charge in [-0.2, -0.15) is 0 Å². The van der Waals surface area contributed by atoms with E-state index >= 15 is 0 Å². The maximum absolute atomic E-state index is 6.76. The number of benzene rings is 4. The van der Waals surface area contributed by atoms with Gasteiger partial charge in [-0.25, -0.2) is 0 Å². The Kier molecular flexibility index (Phi) is 9.66. The molecule has 4 rings (SSSR count). The largest absolute Gasteiger partial charge is 1.00 e. The minimum absolute atomic E-state index is 0. The van der Waals surface area contributed by atoms with Crippen molar-refractivity contribution in [1.82, 2.24) is 0 Å². The summed E-state index contributed by atoms with van der Waals surface area (Å²) in [7, 11) is -0.446.